The van der Waals surface area contributed by atoms with Gasteiger partial charge >= 0.3 is 0 Å². The molecule has 0 unspecified atom stereocenters. The number of benzene rings is 1. The largest absolute Gasteiger partial charge is 0.278 e. The highest BCUT2D eigenvalue weighted by Crippen LogP contribution is 2.30. The molecule has 1 aromatic carbocycles. The molecule has 0 aliphatic rings. The summed E-state index contributed by atoms with van der Waals surface area (Å²) in [6.07, 6.45) is 1.31. The average Bonchev–Trinajstić information content (AvgIpc) is 2.70. The number of aromatic nitrogens is 2. The van der Waals surface area contributed by atoms with Crippen LogP contribution in [-0.2, 0) is 9.05 Å². The van der Waals surface area contributed by atoms with Gasteiger partial charge in [-0.15, -0.1) is 0 Å². The summed E-state index contributed by atoms with van der Waals surface area (Å²) in [5.74, 6) is 0. The Hall–Kier alpha value is -0.750. The summed E-state index contributed by atoms with van der Waals surface area (Å²) in [7, 11) is 1.39. The van der Waals surface area contributed by atoms with Crippen molar-refractivity contribution in [3.05, 3.63) is 40.5 Å². The van der Waals surface area contributed by atoms with Crippen LogP contribution < -0.4 is 0 Å². The third-order valence-corrected chi connectivity index (χ3v) is 4.11. The lowest BCUT2D eigenvalue weighted by molar-refractivity contribution is 0.600. The van der Waals surface area contributed by atoms with Gasteiger partial charge in [-0.2, -0.15) is 5.10 Å². The molecule has 0 atom stereocenters. The molecule has 0 bridgehead atoms. The van der Waals surface area contributed by atoms with Crippen LogP contribution in [0, 0.1) is 0 Å². The molecule has 0 saturated heterocycles. The Balaban J connectivity index is 2.71. The van der Waals surface area contributed by atoms with Crippen LogP contribution in [0.15, 0.2) is 35.5 Å². The first-order valence-electron chi connectivity index (χ1n) is 4.34. The van der Waals surface area contributed by atoms with E-state index >= 15 is 0 Å². The number of nitrogens with zero attached hydrogens (tertiary/aromatic N) is 2. The Morgan fingerprint density at radius 1 is 1.18 bits per heavy atom. The highest BCUT2D eigenvalue weighted by atomic mass is 35.7. The Labute approximate surface area is 112 Å². The predicted molar refractivity (Wildman–Crippen MR) is 66.6 cm³/mol. The molecule has 1 heterocycles. The van der Waals surface area contributed by atoms with Gasteiger partial charge in [0.05, 0.1) is 21.9 Å². The molecule has 0 radical (unpaired) electrons. The van der Waals surface area contributed by atoms with E-state index in [-0.39, 0.29) is 10.0 Å². The smallest absolute Gasteiger partial charge is 0.219 e. The van der Waals surface area contributed by atoms with Crippen LogP contribution >= 0.6 is 33.9 Å². The van der Waals surface area contributed by atoms with E-state index in [0.717, 1.165) is 4.68 Å². The van der Waals surface area contributed by atoms with Gasteiger partial charge in [-0.1, -0.05) is 29.3 Å². The molecule has 2 rings (SSSR count). The fourth-order valence-corrected chi connectivity index (χ4v) is 2.61. The second kappa shape index (κ2) is 4.49. The van der Waals surface area contributed by atoms with E-state index in [1.807, 2.05) is 0 Å². The Morgan fingerprint density at radius 3 is 2.53 bits per heavy atom. The lowest BCUT2D eigenvalue weighted by Gasteiger charge is -2.07. The monoisotopic (exact) mass is 310 g/mol. The Bertz CT molecular complexity index is 667. The second-order valence-electron chi connectivity index (χ2n) is 3.09. The molecule has 17 heavy (non-hydrogen) atoms. The summed E-state index contributed by atoms with van der Waals surface area (Å²) in [5.41, 5.74) is 0.350. The number of rotatable bonds is 2. The highest BCUT2D eigenvalue weighted by Gasteiger charge is 2.19. The van der Waals surface area contributed by atoms with Crippen molar-refractivity contribution in [2.75, 3.05) is 0 Å². The summed E-state index contributed by atoms with van der Waals surface area (Å²) in [6.45, 7) is 0. The van der Waals surface area contributed by atoms with Crippen LogP contribution in [0.5, 0.6) is 0 Å². The molecule has 0 fully saturated rings. The zero-order chi connectivity index (χ0) is 12.6. The second-order valence-corrected chi connectivity index (χ2v) is 6.39. The van der Waals surface area contributed by atoms with Crippen molar-refractivity contribution in [3.63, 3.8) is 0 Å². The van der Waals surface area contributed by atoms with E-state index in [4.69, 9.17) is 33.9 Å². The molecule has 8 heteroatoms. The van der Waals surface area contributed by atoms with Gasteiger partial charge in [0.1, 0.15) is 0 Å². The first kappa shape index (κ1) is 12.7. The average molecular weight is 312 g/mol. The molecule has 0 saturated carbocycles. The fourth-order valence-electron chi connectivity index (χ4n) is 1.31. The number of hydrogen-bond donors (Lipinski definition) is 0. The van der Waals surface area contributed by atoms with Crippen molar-refractivity contribution in [1.29, 1.82) is 0 Å². The summed E-state index contributed by atoms with van der Waals surface area (Å²) in [4.78, 5) is 0. The zero-order valence-electron chi connectivity index (χ0n) is 8.14. The van der Waals surface area contributed by atoms with Gasteiger partial charge in [0, 0.05) is 10.7 Å². The minimum Gasteiger partial charge on any atom is -0.219 e. The molecule has 90 valence electrons. The van der Waals surface area contributed by atoms with E-state index in [0.29, 0.717) is 10.7 Å². The van der Waals surface area contributed by atoms with Crippen molar-refractivity contribution in [2.24, 2.45) is 0 Å². The fraction of sp³-hybridized carbons (Fsp3) is 0. The maximum absolute atomic E-state index is 11.3. The first-order valence-corrected chi connectivity index (χ1v) is 7.41. The molecule has 0 spiro atoms. The minimum atomic E-state index is -3.90. The Morgan fingerprint density at radius 2 is 1.88 bits per heavy atom. The van der Waals surface area contributed by atoms with E-state index in [2.05, 4.69) is 5.10 Å². The van der Waals surface area contributed by atoms with E-state index < -0.39 is 9.05 Å². The summed E-state index contributed by atoms with van der Waals surface area (Å²) in [6, 6.07) is 6.09. The summed E-state index contributed by atoms with van der Waals surface area (Å²) >= 11 is 11.8. The standard InChI is InChI=1S/C9H5Cl3N2O2S/c10-6-2-1-3-7(9(6)11)14-8(4-5-13-14)17(12,15)16/h1-5H. The van der Waals surface area contributed by atoms with Gasteiger partial charge < -0.3 is 0 Å². The van der Waals surface area contributed by atoms with Crippen LogP contribution in [0.4, 0.5) is 0 Å². The number of halogens is 3. The third-order valence-electron chi connectivity index (χ3n) is 2.02. The van der Waals surface area contributed by atoms with Gasteiger partial charge in [0.15, 0.2) is 5.03 Å². The van der Waals surface area contributed by atoms with Gasteiger partial charge in [0.25, 0.3) is 9.05 Å². The quantitative estimate of drug-likeness (QED) is 0.801. The van der Waals surface area contributed by atoms with Gasteiger partial charge in [-0.25, -0.2) is 13.1 Å². The zero-order valence-corrected chi connectivity index (χ0v) is 11.2. The maximum atomic E-state index is 11.3. The minimum absolute atomic E-state index is 0.164. The van der Waals surface area contributed by atoms with Crippen LogP contribution in [-0.4, -0.2) is 18.2 Å². The number of hydrogen-bond acceptors (Lipinski definition) is 3. The lowest BCUT2D eigenvalue weighted by atomic mass is 10.3. The van der Waals surface area contributed by atoms with Crippen molar-refractivity contribution in [1.82, 2.24) is 9.78 Å². The van der Waals surface area contributed by atoms with Gasteiger partial charge in [-0.05, 0) is 18.2 Å². The van der Waals surface area contributed by atoms with Gasteiger partial charge in [-0.3, -0.25) is 0 Å². The molecular weight excluding hydrogens is 307 g/mol. The third kappa shape index (κ3) is 2.42. The molecule has 0 aliphatic carbocycles. The lowest BCUT2D eigenvalue weighted by Crippen LogP contribution is -2.05. The highest BCUT2D eigenvalue weighted by molar-refractivity contribution is 8.13. The van der Waals surface area contributed by atoms with Crippen molar-refractivity contribution >= 4 is 42.9 Å². The van der Waals surface area contributed by atoms with Crippen molar-refractivity contribution in [3.8, 4) is 5.69 Å². The van der Waals surface area contributed by atoms with E-state index in [1.54, 1.807) is 18.2 Å². The molecule has 1 aromatic heterocycles. The van der Waals surface area contributed by atoms with E-state index in [1.165, 1.54) is 12.3 Å². The maximum Gasteiger partial charge on any atom is 0.278 e. The molecule has 2 aromatic rings. The van der Waals surface area contributed by atoms with Crippen LogP contribution in [0.1, 0.15) is 0 Å². The van der Waals surface area contributed by atoms with Crippen molar-refractivity contribution < 1.29 is 8.42 Å². The first-order chi connectivity index (χ1) is 7.91. The summed E-state index contributed by atoms with van der Waals surface area (Å²) < 4.78 is 23.7. The van der Waals surface area contributed by atoms with E-state index in [9.17, 15) is 8.42 Å². The predicted octanol–water partition coefficient (Wildman–Crippen LogP) is 3.11. The summed E-state index contributed by atoms with van der Waals surface area (Å²) in [5, 5.41) is 4.21. The van der Waals surface area contributed by atoms with Crippen molar-refractivity contribution in [2.45, 2.75) is 5.03 Å². The Kier molecular flexibility index (Phi) is 3.36. The van der Waals surface area contributed by atoms with Crippen LogP contribution in [0.3, 0.4) is 0 Å². The van der Waals surface area contributed by atoms with Crippen LogP contribution in [0.25, 0.3) is 5.69 Å². The molecule has 0 amide bonds. The molecule has 4 nitrogen and oxygen atoms in total. The molecular formula is C9H5Cl3N2O2S. The van der Waals surface area contributed by atoms with Gasteiger partial charge in [0.2, 0.25) is 0 Å². The SMILES string of the molecule is O=S(=O)(Cl)c1ccnn1-c1cccc(Cl)c1Cl. The molecule has 0 N–H and O–H groups in total. The normalized spacial score (nSPS) is 11.7. The topological polar surface area (TPSA) is 52.0 Å². The van der Waals surface area contributed by atoms with Crippen LogP contribution in [0.2, 0.25) is 10.0 Å². The molecule has 0 aliphatic heterocycles.